The molecule has 0 saturated heterocycles. The molecule has 0 unspecified atom stereocenters. The predicted octanol–water partition coefficient (Wildman–Crippen LogP) is 4.22. The van der Waals surface area contributed by atoms with Crippen LogP contribution < -0.4 is 5.32 Å². The Balaban J connectivity index is 2.23. The fourth-order valence-corrected chi connectivity index (χ4v) is 2.05. The van der Waals surface area contributed by atoms with Gasteiger partial charge in [-0.2, -0.15) is 0 Å². The zero-order valence-corrected chi connectivity index (χ0v) is 11.6. The second kappa shape index (κ2) is 5.98. The molecule has 0 fully saturated rings. The molecule has 0 bridgehead atoms. The molecule has 2 aromatic carbocycles. The van der Waals surface area contributed by atoms with Crippen molar-refractivity contribution in [3.05, 3.63) is 62.1 Å². The number of nitrogens with one attached hydrogen (secondary N) is 1. The van der Waals surface area contributed by atoms with Gasteiger partial charge in [-0.25, -0.2) is 0 Å². The molecule has 20 heavy (non-hydrogen) atoms. The number of halogens is 2. The molecule has 0 saturated carbocycles. The zero-order chi connectivity index (χ0) is 14.7. The van der Waals surface area contributed by atoms with Crippen LogP contribution in [-0.4, -0.2) is 10.0 Å². The topological polar surface area (TPSA) is 75.4 Å². The quantitative estimate of drug-likeness (QED) is 0.654. The van der Waals surface area contributed by atoms with Crippen LogP contribution in [0.25, 0.3) is 0 Å². The zero-order valence-electron chi connectivity index (χ0n) is 10.1. The van der Waals surface area contributed by atoms with Crippen LogP contribution in [0.1, 0.15) is 5.56 Å². The molecule has 2 aromatic rings. The fraction of sp³-hybridized carbons (Fsp3) is 0.0769. The van der Waals surface area contributed by atoms with E-state index in [1.165, 1.54) is 18.2 Å². The van der Waals surface area contributed by atoms with Gasteiger partial charge < -0.3 is 10.4 Å². The Hall–Kier alpha value is -1.98. The Labute approximate surface area is 124 Å². The van der Waals surface area contributed by atoms with Gasteiger partial charge in [-0.3, -0.25) is 10.1 Å². The number of anilines is 1. The van der Waals surface area contributed by atoms with Crippen molar-refractivity contribution in [3.8, 4) is 5.75 Å². The van der Waals surface area contributed by atoms with Crippen LogP contribution in [0, 0.1) is 10.1 Å². The van der Waals surface area contributed by atoms with Gasteiger partial charge in [-0.05, 0) is 30.3 Å². The first kappa shape index (κ1) is 14.4. The summed E-state index contributed by atoms with van der Waals surface area (Å²) in [5.74, 6) is 0.0681. The highest BCUT2D eigenvalue weighted by Gasteiger charge is 2.14. The predicted molar refractivity (Wildman–Crippen MR) is 78.5 cm³/mol. The van der Waals surface area contributed by atoms with Crippen LogP contribution >= 0.6 is 23.2 Å². The summed E-state index contributed by atoms with van der Waals surface area (Å²) < 4.78 is 0. The van der Waals surface area contributed by atoms with Crippen LogP contribution in [0.15, 0.2) is 36.4 Å². The van der Waals surface area contributed by atoms with E-state index >= 15 is 0 Å². The van der Waals surface area contributed by atoms with Crippen LogP contribution in [-0.2, 0) is 6.54 Å². The minimum atomic E-state index is -0.522. The lowest BCUT2D eigenvalue weighted by atomic mass is 10.2. The van der Waals surface area contributed by atoms with E-state index in [0.717, 1.165) is 0 Å². The smallest absolute Gasteiger partial charge is 0.293 e. The van der Waals surface area contributed by atoms with Crippen LogP contribution in [0.5, 0.6) is 5.75 Å². The standard InChI is InChI=1S/C13H10Cl2N2O3/c14-9-2-4-13(18)8(5-9)7-16-11-3-1-10(15)6-12(11)17(19)20/h1-6,16,18H,7H2. The van der Waals surface area contributed by atoms with Crippen molar-refractivity contribution in [2.24, 2.45) is 0 Å². The van der Waals surface area contributed by atoms with E-state index in [-0.39, 0.29) is 23.0 Å². The minimum Gasteiger partial charge on any atom is -0.508 e. The number of nitro benzene ring substituents is 1. The molecule has 0 atom stereocenters. The summed E-state index contributed by atoms with van der Waals surface area (Å²) in [6.45, 7) is 0.203. The first-order valence-electron chi connectivity index (χ1n) is 5.62. The van der Waals surface area contributed by atoms with E-state index in [9.17, 15) is 15.2 Å². The number of hydrogen-bond acceptors (Lipinski definition) is 4. The van der Waals surface area contributed by atoms with Crippen molar-refractivity contribution in [3.63, 3.8) is 0 Å². The van der Waals surface area contributed by atoms with Gasteiger partial charge in [0.1, 0.15) is 11.4 Å². The SMILES string of the molecule is O=[N+]([O-])c1cc(Cl)ccc1NCc1cc(Cl)ccc1O. The number of benzene rings is 2. The molecule has 7 heteroatoms. The van der Waals surface area contributed by atoms with E-state index < -0.39 is 4.92 Å². The highest BCUT2D eigenvalue weighted by molar-refractivity contribution is 6.31. The maximum atomic E-state index is 10.9. The van der Waals surface area contributed by atoms with Gasteiger partial charge in [0.25, 0.3) is 5.69 Å². The molecule has 2 rings (SSSR count). The summed E-state index contributed by atoms with van der Waals surface area (Å²) in [7, 11) is 0. The number of aromatic hydroxyl groups is 1. The third-order valence-corrected chi connectivity index (χ3v) is 3.14. The van der Waals surface area contributed by atoms with E-state index in [1.54, 1.807) is 18.2 Å². The molecular weight excluding hydrogens is 303 g/mol. The maximum Gasteiger partial charge on any atom is 0.293 e. The Bertz CT molecular complexity index is 662. The second-order valence-electron chi connectivity index (χ2n) is 4.05. The molecule has 2 N–H and O–H groups in total. The minimum absolute atomic E-state index is 0.0681. The summed E-state index contributed by atoms with van der Waals surface area (Å²) in [5, 5.41) is 24.3. The Kier molecular flexibility index (Phi) is 4.32. The number of phenols is 1. The number of hydrogen-bond donors (Lipinski definition) is 2. The van der Waals surface area contributed by atoms with Crippen molar-refractivity contribution in [2.75, 3.05) is 5.32 Å². The largest absolute Gasteiger partial charge is 0.508 e. The van der Waals surface area contributed by atoms with Crippen molar-refractivity contribution in [1.29, 1.82) is 0 Å². The van der Waals surface area contributed by atoms with Gasteiger partial charge in [0.15, 0.2) is 0 Å². The van der Waals surface area contributed by atoms with Crippen molar-refractivity contribution >= 4 is 34.6 Å². The first-order valence-corrected chi connectivity index (χ1v) is 6.38. The van der Waals surface area contributed by atoms with E-state index in [4.69, 9.17) is 23.2 Å². The first-order chi connectivity index (χ1) is 9.47. The van der Waals surface area contributed by atoms with Gasteiger partial charge in [-0.15, -0.1) is 0 Å². The van der Waals surface area contributed by atoms with Gasteiger partial charge >= 0.3 is 0 Å². The summed E-state index contributed by atoms with van der Waals surface area (Å²) in [6, 6.07) is 8.95. The fourth-order valence-electron chi connectivity index (χ4n) is 1.69. The third-order valence-electron chi connectivity index (χ3n) is 2.67. The van der Waals surface area contributed by atoms with Crippen LogP contribution in [0.2, 0.25) is 10.0 Å². The Morgan fingerprint density at radius 3 is 2.50 bits per heavy atom. The monoisotopic (exact) mass is 312 g/mol. The number of phenolic OH excluding ortho intramolecular Hbond substituents is 1. The lowest BCUT2D eigenvalue weighted by Crippen LogP contribution is -2.03. The molecule has 0 heterocycles. The molecule has 0 aliphatic rings. The van der Waals surface area contributed by atoms with Gasteiger partial charge in [-0.1, -0.05) is 23.2 Å². The second-order valence-corrected chi connectivity index (χ2v) is 4.92. The number of rotatable bonds is 4. The Morgan fingerprint density at radius 2 is 1.80 bits per heavy atom. The van der Waals surface area contributed by atoms with Crippen LogP contribution in [0.4, 0.5) is 11.4 Å². The van der Waals surface area contributed by atoms with Crippen molar-refractivity contribution in [2.45, 2.75) is 6.54 Å². The molecule has 104 valence electrons. The maximum absolute atomic E-state index is 10.9. The number of nitro groups is 1. The van der Waals surface area contributed by atoms with Gasteiger partial charge in [0.2, 0.25) is 0 Å². The average molecular weight is 313 g/mol. The van der Waals surface area contributed by atoms with Gasteiger partial charge in [0.05, 0.1) is 4.92 Å². The normalized spacial score (nSPS) is 10.3. The van der Waals surface area contributed by atoms with Gasteiger partial charge in [0, 0.05) is 28.2 Å². The summed E-state index contributed by atoms with van der Waals surface area (Å²) in [5.41, 5.74) is 0.736. The molecule has 0 radical (unpaired) electrons. The molecule has 0 amide bonds. The van der Waals surface area contributed by atoms with Crippen molar-refractivity contribution < 1.29 is 10.0 Å². The summed E-state index contributed by atoms with van der Waals surface area (Å²) >= 11 is 11.6. The molecule has 5 nitrogen and oxygen atoms in total. The molecular formula is C13H10Cl2N2O3. The highest BCUT2D eigenvalue weighted by atomic mass is 35.5. The van der Waals surface area contributed by atoms with Crippen molar-refractivity contribution in [1.82, 2.24) is 0 Å². The van der Waals surface area contributed by atoms with E-state index in [2.05, 4.69) is 5.32 Å². The molecule has 0 aromatic heterocycles. The van der Waals surface area contributed by atoms with Crippen LogP contribution in [0.3, 0.4) is 0 Å². The van der Waals surface area contributed by atoms with E-state index in [1.807, 2.05) is 0 Å². The Morgan fingerprint density at radius 1 is 1.15 bits per heavy atom. The lowest BCUT2D eigenvalue weighted by molar-refractivity contribution is -0.383. The third kappa shape index (κ3) is 3.31. The number of nitrogens with zero attached hydrogens (tertiary/aromatic N) is 1. The average Bonchev–Trinajstić information content (AvgIpc) is 2.40. The summed E-state index contributed by atoms with van der Waals surface area (Å²) in [4.78, 5) is 10.4. The van der Waals surface area contributed by atoms with E-state index in [0.29, 0.717) is 16.3 Å². The summed E-state index contributed by atoms with van der Waals surface area (Å²) in [6.07, 6.45) is 0. The molecule has 0 aliphatic carbocycles. The highest BCUT2D eigenvalue weighted by Crippen LogP contribution is 2.29. The lowest BCUT2D eigenvalue weighted by Gasteiger charge is -2.09. The molecule has 0 spiro atoms. The molecule has 0 aliphatic heterocycles.